The van der Waals surface area contributed by atoms with Crippen molar-refractivity contribution in [2.45, 2.75) is 12.7 Å². The maximum Gasteiger partial charge on any atom is -0.0623 e. The van der Waals surface area contributed by atoms with Gasteiger partial charge >= 0.3 is 153 Å². The Balaban J connectivity index is 0.000000748. The molecule has 10 nitrogen and oxygen atoms in total. The van der Waals surface area contributed by atoms with Gasteiger partial charge < -0.3 is 4.90 Å². The Morgan fingerprint density at radius 1 is 0.936 bits per heavy atom. The molecule has 1 aliphatic heterocycles. The van der Waals surface area contributed by atoms with Crippen molar-refractivity contribution in [2.75, 3.05) is 62.9 Å². The molecule has 1 saturated heterocycles. The first-order valence-electron chi connectivity index (χ1n) is 14.7. The van der Waals surface area contributed by atoms with E-state index in [4.69, 9.17) is 4.74 Å². The number of likely N-dealkylation sites (N-methyl/N-ethyl adjacent to an activating group) is 1. The second kappa shape index (κ2) is 16.4. The molecule has 47 heavy (non-hydrogen) atoms. The predicted octanol–water partition coefficient (Wildman–Crippen LogP) is 4.12. The van der Waals surface area contributed by atoms with Crippen molar-refractivity contribution in [3.8, 4) is 5.75 Å². The molecule has 1 fully saturated rings. The molecule has 0 bridgehead atoms. The third-order valence-corrected chi connectivity index (χ3v) is 7.88. The second-order valence-electron chi connectivity index (χ2n) is 10.8. The van der Waals surface area contributed by atoms with Gasteiger partial charge in [-0.2, -0.15) is 13.2 Å². The van der Waals surface area contributed by atoms with E-state index in [1.54, 1.807) is 25.4 Å². The number of hydrogen-bond donors (Lipinski definition) is 2. The molecule has 248 valence electrons. The number of rotatable bonds is 7. The summed E-state index contributed by atoms with van der Waals surface area (Å²) in [5, 5.41) is 5.32. The number of carbonyl (C=O) groups excluding carboxylic acids is 2. The molecule has 2 heterocycles. The molecule has 0 aliphatic carbocycles. The van der Waals surface area contributed by atoms with Gasteiger partial charge in [0.05, 0.1) is 5.56 Å². The van der Waals surface area contributed by atoms with Crippen molar-refractivity contribution < 1.29 is 27.5 Å². The fraction of sp³-hybridized carbons (Fsp3) is 0.273. The molecule has 1 aromatic heterocycles. The normalized spacial score (nSPS) is 13.6. The number of nitrogens with zero attached hydrogens (tertiary/aromatic N) is 5. The van der Waals surface area contributed by atoms with E-state index in [9.17, 15) is 22.8 Å². The third kappa shape index (κ3) is 10.5. The molecule has 0 radical (unpaired) electrons. The van der Waals surface area contributed by atoms with Crippen molar-refractivity contribution in [1.82, 2.24) is 19.8 Å². The number of nitrogens with one attached hydrogen (secondary N) is 2. The summed E-state index contributed by atoms with van der Waals surface area (Å²) in [7, 11) is 4.93. The number of methoxy groups -OCH3 is 1. The summed E-state index contributed by atoms with van der Waals surface area (Å²) in [5.74, 6) is -0.0210. The van der Waals surface area contributed by atoms with Crippen LogP contribution >= 0.6 is 0 Å². The number of aromatic nitrogens is 2. The Morgan fingerprint density at radius 2 is 1.55 bits per heavy atom. The summed E-state index contributed by atoms with van der Waals surface area (Å²) in [6.07, 6.45) is -3.08. The van der Waals surface area contributed by atoms with Crippen LogP contribution in [0.25, 0.3) is 0 Å². The zero-order valence-corrected chi connectivity index (χ0v) is 28.7. The van der Waals surface area contributed by atoms with Crippen molar-refractivity contribution in [2.24, 2.45) is 0 Å². The Labute approximate surface area is 280 Å². The molecule has 4 aromatic rings. The number of carbonyl (C=O) groups is 2. The molecular formula is C33H37AsF3N7O3. The van der Waals surface area contributed by atoms with Gasteiger partial charge in [0.1, 0.15) is 0 Å². The molecule has 2 N–H and O–H groups in total. The van der Waals surface area contributed by atoms with E-state index in [0.717, 1.165) is 19.2 Å². The summed E-state index contributed by atoms with van der Waals surface area (Å²) < 4.78 is 47.8. The standard InChI is InChI=1S/C27H31AsF3N7O3.C6H6/c1-36-8-10-38(11-9-36)16-18-5-4-17(12-22(18)27(29,30)31)24(39)33-19-13-20(15-21(14-19)41-3)34-26(40)37(2)23-6-7-32-25(28)35-23;1-2-4-6-5-3-1/h4-7,12-15H,8-11,16,28H2,1-3H3,(H,33,39)(H,34,40);1-6H. The van der Waals surface area contributed by atoms with Gasteiger partial charge in [0, 0.05) is 32.7 Å². The van der Waals surface area contributed by atoms with E-state index in [1.807, 2.05) is 48.3 Å². The van der Waals surface area contributed by atoms with E-state index in [0.29, 0.717) is 35.0 Å². The van der Waals surface area contributed by atoms with Crippen LogP contribution in [0.15, 0.2) is 85.1 Å². The van der Waals surface area contributed by atoms with Gasteiger partial charge in [-0.15, -0.1) is 0 Å². The Morgan fingerprint density at radius 3 is 2.13 bits per heavy atom. The van der Waals surface area contributed by atoms with Gasteiger partial charge in [-0.3, -0.25) is 4.90 Å². The van der Waals surface area contributed by atoms with Crippen LogP contribution in [-0.4, -0.2) is 95.9 Å². The average molecular weight is 712 g/mol. The SMILES string of the molecule is COc1cc(NC(=O)c2ccc(CN3CCN(C)CC3)c(C(F)(F)F)c2)cc(NC(=O)N(C)c2ccnc([AsH2])n2)c1.c1ccccc1. The van der Waals surface area contributed by atoms with Gasteiger partial charge in [0.2, 0.25) is 0 Å². The van der Waals surface area contributed by atoms with Crippen LogP contribution in [0, 0.1) is 0 Å². The number of ether oxygens (including phenoxy) is 1. The monoisotopic (exact) mass is 711 g/mol. The first kappa shape index (κ1) is 35.4. The number of halogens is 3. The minimum absolute atomic E-state index is 0.119. The average Bonchev–Trinajstić information content (AvgIpc) is 3.06. The summed E-state index contributed by atoms with van der Waals surface area (Å²) in [6, 6.07) is 21.2. The summed E-state index contributed by atoms with van der Waals surface area (Å²) in [6.45, 7) is 3.04. The maximum atomic E-state index is 14.0. The minimum atomic E-state index is -4.62. The summed E-state index contributed by atoms with van der Waals surface area (Å²) >= 11 is 1.21. The number of anilines is 3. The van der Waals surface area contributed by atoms with Gasteiger partial charge in [-0.25, -0.2) is 0 Å². The first-order valence-corrected chi connectivity index (χ1v) is 15.9. The maximum absolute atomic E-state index is 14.0. The van der Waals surface area contributed by atoms with Gasteiger partial charge in [-0.1, -0.05) is 42.5 Å². The summed E-state index contributed by atoms with van der Waals surface area (Å²) in [5.41, 5.74) is -0.345. The molecule has 0 saturated carbocycles. The fourth-order valence-corrected chi connectivity index (χ4v) is 5.14. The van der Waals surface area contributed by atoms with Crippen LogP contribution in [0.4, 0.5) is 35.2 Å². The molecule has 14 heteroatoms. The number of alkyl halides is 3. The number of piperazine rings is 1. The number of hydrogen-bond acceptors (Lipinski definition) is 7. The number of amides is 3. The van der Waals surface area contributed by atoms with E-state index in [-0.39, 0.29) is 23.4 Å². The van der Waals surface area contributed by atoms with Crippen molar-refractivity contribution in [3.05, 3.63) is 102 Å². The van der Waals surface area contributed by atoms with E-state index in [1.165, 1.54) is 53.1 Å². The van der Waals surface area contributed by atoms with Crippen LogP contribution in [0.2, 0.25) is 0 Å². The topological polar surface area (TPSA) is 103 Å². The molecule has 1 unspecified atom stereocenters. The number of benzene rings is 3. The number of urea groups is 1. The van der Waals surface area contributed by atoms with E-state index in [2.05, 4.69) is 25.5 Å². The van der Waals surface area contributed by atoms with Gasteiger partial charge in [0.15, 0.2) is 0 Å². The van der Waals surface area contributed by atoms with E-state index < -0.39 is 23.7 Å². The first-order chi connectivity index (χ1) is 22.4. The molecule has 3 aromatic carbocycles. The van der Waals surface area contributed by atoms with Crippen LogP contribution in [-0.2, 0) is 12.7 Å². The summed E-state index contributed by atoms with van der Waals surface area (Å²) in [4.78, 5) is 39.5. The van der Waals surface area contributed by atoms with Crippen LogP contribution in [0.1, 0.15) is 21.5 Å². The van der Waals surface area contributed by atoms with E-state index >= 15 is 0 Å². The quantitative estimate of drug-likeness (QED) is 0.279. The fourth-order valence-electron chi connectivity index (χ4n) is 4.68. The molecule has 1 aliphatic rings. The molecule has 0 spiro atoms. The zero-order chi connectivity index (χ0) is 34.0. The van der Waals surface area contributed by atoms with Gasteiger partial charge in [-0.05, 0) is 24.7 Å². The largest absolute Gasteiger partial charge is 0.0623 e. The predicted molar refractivity (Wildman–Crippen MR) is 179 cm³/mol. The van der Waals surface area contributed by atoms with Crippen molar-refractivity contribution >= 4 is 50.6 Å². The van der Waals surface area contributed by atoms with Crippen LogP contribution in [0.3, 0.4) is 0 Å². The van der Waals surface area contributed by atoms with Gasteiger partial charge in [0.25, 0.3) is 0 Å². The van der Waals surface area contributed by atoms with Crippen molar-refractivity contribution in [3.63, 3.8) is 0 Å². The third-order valence-electron chi connectivity index (χ3n) is 7.29. The Hall–Kier alpha value is -4.45. The Kier molecular flexibility index (Phi) is 12.4. The smallest absolute Gasteiger partial charge is 0.0623 e. The minimum Gasteiger partial charge on any atom is -0.0623 e. The van der Waals surface area contributed by atoms with Crippen LogP contribution in [0.5, 0.6) is 5.75 Å². The molecular weight excluding hydrogens is 674 g/mol. The Bertz CT molecular complexity index is 1630. The molecule has 3 amide bonds. The molecule has 1 atom stereocenters. The van der Waals surface area contributed by atoms with Crippen LogP contribution < -0.4 is 24.9 Å². The zero-order valence-electron chi connectivity index (χ0n) is 26.3. The second-order valence-corrected chi connectivity index (χ2v) is 11.9. The van der Waals surface area contributed by atoms with Crippen molar-refractivity contribution in [1.29, 1.82) is 0 Å². The molecule has 5 rings (SSSR count).